The lowest BCUT2D eigenvalue weighted by molar-refractivity contribution is -0.0460. The highest BCUT2D eigenvalue weighted by atomic mass is 32.2. The van der Waals surface area contributed by atoms with Crippen LogP contribution in [0, 0.1) is 0 Å². The molecule has 0 radical (unpaired) electrons. The zero-order chi connectivity index (χ0) is 13.3. The van der Waals surface area contributed by atoms with E-state index in [1.165, 1.54) is 8.61 Å². The number of morpholine rings is 1. The van der Waals surface area contributed by atoms with Crippen molar-refractivity contribution >= 4 is 10.2 Å². The van der Waals surface area contributed by atoms with E-state index >= 15 is 0 Å². The lowest BCUT2D eigenvalue weighted by Gasteiger charge is -2.39. The van der Waals surface area contributed by atoms with E-state index in [4.69, 9.17) is 4.74 Å². The molecule has 106 valence electrons. The van der Waals surface area contributed by atoms with Crippen LogP contribution in [0.15, 0.2) is 0 Å². The Balaban J connectivity index is 2.09. The molecule has 6 nitrogen and oxygen atoms in total. The van der Waals surface area contributed by atoms with Crippen molar-refractivity contribution < 1.29 is 18.3 Å². The van der Waals surface area contributed by atoms with Crippen LogP contribution in [-0.4, -0.2) is 66.6 Å². The molecule has 0 spiro atoms. The number of ether oxygens (including phenoxy) is 1. The van der Waals surface area contributed by atoms with Crippen LogP contribution in [0.5, 0.6) is 0 Å². The average Bonchev–Trinajstić information content (AvgIpc) is 2.27. The Hall–Kier alpha value is -0.210. The smallest absolute Gasteiger partial charge is 0.282 e. The van der Waals surface area contributed by atoms with Gasteiger partial charge in [-0.2, -0.15) is 17.0 Å². The van der Waals surface area contributed by atoms with Gasteiger partial charge in [0.25, 0.3) is 10.2 Å². The third kappa shape index (κ3) is 3.03. The van der Waals surface area contributed by atoms with Crippen LogP contribution in [0.2, 0.25) is 0 Å². The molecule has 18 heavy (non-hydrogen) atoms. The van der Waals surface area contributed by atoms with E-state index in [2.05, 4.69) is 0 Å². The summed E-state index contributed by atoms with van der Waals surface area (Å²) in [6.07, 6.45) is 0.693. The molecule has 2 saturated heterocycles. The molecule has 0 amide bonds. The molecule has 3 unspecified atom stereocenters. The molecule has 2 rings (SSSR count). The quantitative estimate of drug-likeness (QED) is 0.759. The number of β-amino-alcohol motifs (C(OH)–C–C–N with tert-alkyl or cyclic N) is 1. The van der Waals surface area contributed by atoms with Gasteiger partial charge in [0.15, 0.2) is 0 Å². The Kier molecular flexibility index (Phi) is 4.28. The van der Waals surface area contributed by atoms with Gasteiger partial charge >= 0.3 is 0 Å². The summed E-state index contributed by atoms with van der Waals surface area (Å²) in [5.41, 5.74) is 0. The second-order valence-electron chi connectivity index (χ2n) is 5.24. The van der Waals surface area contributed by atoms with Crippen LogP contribution in [0.3, 0.4) is 0 Å². The van der Waals surface area contributed by atoms with Gasteiger partial charge in [0.2, 0.25) is 0 Å². The van der Waals surface area contributed by atoms with Gasteiger partial charge in [0, 0.05) is 26.2 Å². The van der Waals surface area contributed by atoms with Crippen LogP contribution >= 0.6 is 0 Å². The Morgan fingerprint density at radius 3 is 2.28 bits per heavy atom. The number of aliphatic hydroxyl groups is 1. The highest BCUT2D eigenvalue weighted by Crippen LogP contribution is 2.20. The topological polar surface area (TPSA) is 70.1 Å². The Morgan fingerprint density at radius 2 is 1.72 bits per heavy atom. The molecule has 7 heteroatoms. The molecule has 2 aliphatic heterocycles. The van der Waals surface area contributed by atoms with E-state index in [-0.39, 0.29) is 18.8 Å². The molecular formula is C11H22N2O4S. The normalized spacial score (nSPS) is 36.7. The second kappa shape index (κ2) is 5.42. The van der Waals surface area contributed by atoms with Gasteiger partial charge in [-0.1, -0.05) is 0 Å². The summed E-state index contributed by atoms with van der Waals surface area (Å²) in [6, 6.07) is 0. The summed E-state index contributed by atoms with van der Waals surface area (Å²) >= 11 is 0. The Morgan fingerprint density at radius 1 is 1.11 bits per heavy atom. The average molecular weight is 278 g/mol. The molecular weight excluding hydrogens is 256 g/mol. The molecule has 0 aromatic carbocycles. The van der Waals surface area contributed by atoms with Gasteiger partial charge in [0.05, 0.1) is 18.3 Å². The van der Waals surface area contributed by atoms with Crippen molar-refractivity contribution in [2.75, 3.05) is 26.2 Å². The van der Waals surface area contributed by atoms with Crippen molar-refractivity contribution in [3.8, 4) is 0 Å². The fraction of sp³-hybridized carbons (Fsp3) is 1.00. The van der Waals surface area contributed by atoms with Crippen LogP contribution < -0.4 is 0 Å². The molecule has 0 aromatic rings. The van der Waals surface area contributed by atoms with Crippen LogP contribution in [-0.2, 0) is 14.9 Å². The Bertz CT molecular complexity index is 377. The third-order valence-corrected chi connectivity index (χ3v) is 5.33. The van der Waals surface area contributed by atoms with Crippen molar-refractivity contribution in [1.82, 2.24) is 8.61 Å². The van der Waals surface area contributed by atoms with Gasteiger partial charge in [-0.05, 0) is 26.7 Å². The standard InChI is InChI=1S/C11H22N2O4S/c1-9-6-13(7-10(2)17-9)18(15,16)12-5-3-4-11(14)8-12/h9-11,14H,3-8H2,1-2H3. The van der Waals surface area contributed by atoms with Gasteiger partial charge < -0.3 is 9.84 Å². The molecule has 0 bridgehead atoms. The maximum Gasteiger partial charge on any atom is 0.282 e. The molecule has 2 aliphatic rings. The lowest BCUT2D eigenvalue weighted by Crippen LogP contribution is -2.55. The zero-order valence-electron chi connectivity index (χ0n) is 10.9. The number of aliphatic hydroxyl groups excluding tert-OH is 1. The SMILES string of the molecule is CC1CN(S(=O)(=O)N2CCCC(O)C2)CC(C)O1. The van der Waals surface area contributed by atoms with Gasteiger partial charge in [-0.25, -0.2) is 0 Å². The van der Waals surface area contributed by atoms with Crippen LogP contribution in [0.1, 0.15) is 26.7 Å². The van der Waals surface area contributed by atoms with E-state index in [1.54, 1.807) is 0 Å². The minimum Gasteiger partial charge on any atom is -0.392 e. The minimum atomic E-state index is -3.46. The number of rotatable bonds is 2. The first-order valence-electron chi connectivity index (χ1n) is 6.48. The number of nitrogens with zero attached hydrogens (tertiary/aromatic N) is 2. The Labute approximate surface area is 109 Å². The van der Waals surface area contributed by atoms with Gasteiger partial charge in [0.1, 0.15) is 0 Å². The number of hydrogen-bond acceptors (Lipinski definition) is 4. The van der Waals surface area contributed by atoms with Crippen molar-refractivity contribution in [1.29, 1.82) is 0 Å². The monoisotopic (exact) mass is 278 g/mol. The fourth-order valence-electron chi connectivity index (χ4n) is 2.61. The number of piperidine rings is 1. The van der Waals surface area contributed by atoms with E-state index in [1.807, 2.05) is 13.8 Å². The van der Waals surface area contributed by atoms with Crippen molar-refractivity contribution in [3.63, 3.8) is 0 Å². The van der Waals surface area contributed by atoms with E-state index in [0.29, 0.717) is 26.1 Å². The summed E-state index contributed by atoms with van der Waals surface area (Å²) in [6.45, 7) is 5.24. The first-order chi connectivity index (χ1) is 8.39. The van der Waals surface area contributed by atoms with Crippen LogP contribution in [0.4, 0.5) is 0 Å². The van der Waals surface area contributed by atoms with Crippen LogP contribution in [0.25, 0.3) is 0 Å². The first kappa shape index (κ1) is 14.2. The van der Waals surface area contributed by atoms with Gasteiger partial charge in [-0.3, -0.25) is 0 Å². The van der Waals surface area contributed by atoms with E-state index in [0.717, 1.165) is 6.42 Å². The van der Waals surface area contributed by atoms with Crippen molar-refractivity contribution in [3.05, 3.63) is 0 Å². The third-order valence-electron chi connectivity index (χ3n) is 3.40. The highest BCUT2D eigenvalue weighted by molar-refractivity contribution is 7.86. The summed E-state index contributed by atoms with van der Waals surface area (Å²) < 4.78 is 33.3. The fourth-order valence-corrected chi connectivity index (χ4v) is 4.46. The molecule has 2 fully saturated rings. The highest BCUT2D eigenvalue weighted by Gasteiger charge is 2.37. The summed E-state index contributed by atoms with van der Waals surface area (Å²) in [4.78, 5) is 0. The molecule has 0 aromatic heterocycles. The van der Waals surface area contributed by atoms with E-state index in [9.17, 15) is 13.5 Å². The van der Waals surface area contributed by atoms with Crippen molar-refractivity contribution in [2.24, 2.45) is 0 Å². The predicted octanol–water partition coefficient (Wildman–Crippen LogP) is -0.203. The molecule has 0 aliphatic carbocycles. The maximum atomic E-state index is 12.5. The minimum absolute atomic E-state index is 0.0850. The largest absolute Gasteiger partial charge is 0.392 e. The lowest BCUT2D eigenvalue weighted by atomic mass is 10.1. The molecule has 0 saturated carbocycles. The van der Waals surface area contributed by atoms with Crippen molar-refractivity contribution in [2.45, 2.75) is 45.0 Å². The molecule has 3 atom stereocenters. The zero-order valence-corrected chi connectivity index (χ0v) is 11.8. The summed E-state index contributed by atoms with van der Waals surface area (Å²) in [5.74, 6) is 0. The van der Waals surface area contributed by atoms with E-state index < -0.39 is 16.3 Å². The summed E-state index contributed by atoms with van der Waals surface area (Å²) in [7, 11) is -3.46. The molecule has 1 N–H and O–H groups in total. The second-order valence-corrected chi connectivity index (χ2v) is 7.16. The predicted molar refractivity (Wildman–Crippen MR) is 67.3 cm³/mol. The summed E-state index contributed by atoms with van der Waals surface area (Å²) in [5, 5.41) is 9.60. The first-order valence-corrected chi connectivity index (χ1v) is 7.88. The molecule has 2 heterocycles. The van der Waals surface area contributed by atoms with Gasteiger partial charge in [-0.15, -0.1) is 0 Å². The maximum absolute atomic E-state index is 12.5. The number of hydrogen-bond donors (Lipinski definition) is 1.